The van der Waals surface area contributed by atoms with E-state index >= 15 is 0 Å². The molecular weight excluding hydrogens is 138 g/mol. The third kappa shape index (κ3) is 5.40. The van der Waals surface area contributed by atoms with E-state index in [1.54, 1.807) is 7.05 Å². The first-order valence-electron chi connectivity index (χ1n) is 3.83. The first-order valence-corrected chi connectivity index (χ1v) is 3.83. The van der Waals surface area contributed by atoms with Crippen LogP contribution in [0.1, 0.15) is 19.8 Å². The second kappa shape index (κ2) is 7.06. The average molecular weight is 153 g/mol. The number of likely N-dealkylation sites (N-methyl/N-ethyl adjacent to an activating group) is 1. The molecule has 0 aromatic carbocycles. The van der Waals surface area contributed by atoms with Crippen LogP contribution in [0.5, 0.6) is 0 Å². The van der Waals surface area contributed by atoms with Crippen LogP contribution in [0, 0.1) is 0 Å². The molecule has 0 rings (SSSR count). The topological polar surface area (TPSA) is 29.1 Å². The van der Waals surface area contributed by atoms with E-state index < -0.39 is 0 Å². The van der Waals surface area contributed by atoms with Gasteiger partial charge in [-0.2, -0.15) is 0 Å². The Balaban J connectivity index is 3.69. The van der Waals surface area contributed by atoms with Gasteiger partial charge in [-0.3, -0.25) is 4.79 Å². The standard InChI is InChI=1S/C9H15NO/c1-3-4-5-6-7-9(8-11)10-2/h4-5,7-8,10H,3,6H2,1-2H3/b5-4-,9-7-. The van der Waals surface area contributed by atoms with Gasteiger partial charge in [-0.15, -0.1) is 0 Å². The van der Waals surface area contributed by atoms with E-state index in [1.165, 1.54) is 0 Å². The van der Waals surface area contributed by atoms with Crippen LogP contribution in [0.4, 0.5) is 0 Å². The number of rotatable bonds is 5. The van der Waals surface area contributed by atoms with Crippen molar-refractivity contribution in [2.24, 2.45) is 0 Å². The summed E-state index contributed by atoms with van der Waals surface area (Å²) in [7, 11) is 1.74. The smallest absolute Gasteiger partial charge is 0.165 e. The summed E-state index contributed by atoms with van der Waals surface area (Å²) in [6.07, 6.45) is 8.67. The van der Waals surface area contributed by atoms with Crippen molar-refractivity contribution < 1.29 is 4.79 Å². The normalized spacial score (nSPS) is 12.0. The van der Waals surface area contributed by atoms with Gasteiger partial charge in [-0.05, 0) is 12.8 Å². The summed E-state index contributed by atoms with van der Waals surface area (Å²) < 4.78 is 0. The van der Waals surface area contributed by atoms with Crippen LogP contribution >= 0.6 is 0 Å². The molecule has 0 bridgehead atoms. The first-order chi connectivity index (χ1) is 5.35. The van der Waals surface area contributed by atoms with Crippen molar-refractivity contribution in [2.75, 3.05) is 7.05 Å². The van der Waals surface area contributed by atoms with Crippen LogP contribution in [0.25, 0.3) is 0 Å². The fourth-order valence-corrected chi connectivity index (χ4v) is 0.667. The Bertz CT molecular complexity index is 159. The number of allylic oxidation sites excluding steroid dienone is 4. The van der Waals surface area contributed by atoms with Crippen molar-refractivity contribution in [3.63, 3.8) is 0 Å². The Morgan fingerprint density at radius 3 is 2.64 bits per heavy atom. The quantitative estimate of drug-likeness (QED) is 0.369. The Labute approximate surface area is 68.0 Å². The Morgan fingerprint density at radius 2 is 2.18 bits per heavy atom. The summed E-state index contributed by atoms with van der Waals surface area (Å²) in [5.74, 6) is 0. The number of carbonyl (C=O) groups excluding carboxylic acids is 1. The molecule has 2 heteroatoms. The van der Waals surface area contributed by atoms with Gasteiger partial charge in [-0.25, -0.2) is 0 Å². The minimum absolute atomic E-state index is 0.644. The largest absolute Gasteiger partial charge is 0.386 e. The molecule has 0 saturated carbocycles. The van der Waals surface area contributed by atoms with Gasteiger partial charge in [0, 0.05) is 7.05 Å². The van der Waals surface area contributed by atoms with Crippen molar-refractivity contribution in [3.8, 4) is 0 Å². The zero-order valence-electron chi connectivity index (χ0n) is 7.13. The molecule has 0 aliphatic carbocycles. The highest BCUT2D eigenvalue weighted by molar-refractivity contribution is 5.72. The lowest BCUT2D eigenvalue weighted by Gasteiger charge is -1.93. The van der Waals surface area contributed by atoms with Crippen molar-refractivity contribution in [3.05, 3.63) is 23.9 Å². The summed E-state index contributed by atoms with van der Waals surface area (Å²) in [5, 5.41) is 2.79. The van der Waals surface area contributed by atoms with E-state index in [2.05, 4.69) is 18.3 Å². The molecule has 0 atom stereocenters. The highest BCUT2D eigenvalue weighted by atomic mass is 16.1. The predicted octanol–water partition coefficient (Wildman–Crippen LogP) is 1.64. The van der Waals surface area contributed by atoms with Crippen LogP contribution < -0.4 is 5.32 Å². The molecule has 0 aliphatic rings. The van der Waals surface area contributed by atoms with Crippen molar-refractivity contribution in [1.29, 1.82) is 0 Å². The molecule has 0 aliphatic heterocycles. The molecular formula is C9H15NO. The van der Waals surface area contributed by atoms with Gasteiger partial charge in [0.25, 0.3) is 0 Å². The summed E-state index contributed by atoms with van der Waals surface area (Å²) in [4.78, 5) is 10.2. The van der Waals surface area contributed by atoms with Crippen LogP contribution in [0.2, 0.25) is 0 Å². The average Bonchev–Trinajstić information content (AvgIpc) is 2.05. The summed E-state index contributed by atoms with van der Waals surface area (Å²) in [5.41, 5.74) is 0.644. The lowest BCUT2D eigenvalue weighted by Crippen LogP contribution is -2.05. The third-order valence-electron chi connectivity index (χ3n) is 1.29. The number of hydrogen-bond acceptors (Lipinski definition) is 2. The minimum atomic E-state index is 0.644. The second-order valence-electron chi connectivity index (χ2n) is 2.14. The van der Waals surface area contributed by atoms with Gasteiger partial charge in [0.15, 0.2) is 6.29 Å². The Morgan fingerprint density at radius 1 is 1.45 bits per heavy atom. The fraction of sp³-hybridized carbons (Fsp3) is 0.444. The van der Waals surface area contributed by atoms with Crippen molar-refractivity contribution >= 4 is 6.29 Å². The molecule has 0 aromatic rings. The zero-order chi connectivity index (χ0) is 8.53. The highest BCUT2D eigenvalue weighted by Gasteiger charge is 1.84. The molecule has 0 aromatic heterocycles. The highest BCUT2D eigenvalue weighted by Crippen LogP contribution is 1.91. The van der Waals surface area contributed by atoms with Crippen molar-refractivity contribution in [1.82, 2.24) is 5.32 Å². The monoisotopic (exact) mass is 153 g/mol. The lowest BCUT2D eigenvalue weighted by atomic mass is 10.3. The second-order valence-corrected chi connectivity index (χ2v) is 2.14. The number of aldehydes is 1. The number of hydrogen-bond donors (Lipinski definition) is 1. The molecule has 0 spiro atoms. The predicted molar refractivity (Wildman–Crippen MR) is 47.3 cm³/mol. The molecule has 2 nitrogen and oxygen atoms in total. The minimum Gasteiger partial charge on any atom is -0.386 e. The van der Waals surface area contributed by atoms with Gasteiger partial charge in [0.1, 0.15) is 0 Å². The third-order valence-corrected chi connectivity index (χ3v) is 1.29. The fourth-order valence-electron chi connectivity index (χ4n) is 0.667. The van der Waals surface area contributed by atoms with Crippen LogP contribution in [-0.4, -0.2) is 13.3 Å². The molecule has 0 unspecified atom stereocenters. The summed E-state index contributed by atoms with van der Waals surface area (Å²) >= 11 is 0. The van der Waals surface area contributed by atoms with Crippen LogP contribution in [-0.2, 0) is 4.79 Å². The number of nitrogens with one attached hydrogen (secondary N) is 1. The van der Waals surface area contributed by atoms with Gasteiger partial charge >= 0.3 is 0 Å². The van der Waals surface area contributed by atoms with Crippen molar-refractivity contribution in [2.45, 2.75) is 19.8 Å². The van der Waals surface area contributed by atoms with Gasteiger partial charge in [-0.1, -0.05) is 25.2 Å². The SMILES string of the molecule is CC/C=C\C/C=C(/C=O)NC. The van der Waals surface area contributed by atoms with E-state index in [1.807, 2.05) is 12.2 Å². The summed E-state index contributed by atoms with van der Waals surface area (Å²) in [6.45, 7) is 2.08. The maximum Gasteiger partial charge on any atom is 0.165 e. The molecule has 1 N–H and O–H groups in total. The molecule has 0 radical (unpaired) electrons. The maximum atomic E-state index is 10.2. The molecule has 0 fully saturated rings. The van der Waals surface area contributed by atoms with E-state index in [4.69, 9.17) is 0 Å². The summed E-state index contributed by atoms with van der Waals surface area (Å²) in [6, 6.07) is 0. The van der Waals surface area contributed by atoms with Gasteiger partial charge in [0.05, 0.1) is 5.70 Å². The van der Waals surface area contributed by atoms with E-state index in [0.29, 0.717) is 5.70 Å². The zero-order valence-corrected chi connectivity index (χ0v) is 7.13. The molecule has 0 amide bonds. The molecule has 0 heterocycles. The first kappa shape index (κ1) is 9.95. The van der Waals surface area contributed by atoms with E-state index in [0.717, 1.165) is 19.1 Å². The van der Waals surface area contributed by atoms with Crippen LogP contribution in [0.15, 0.2) is 23.9 Å². The van der Waals surface area contributed by atoms with Gasteiger partial charge < -0.3 is 5.32 Å². The molecule has 62 valence electrons. The van der Waals surface area contributed by atoms with E-state index in [9.17, 15) is 4.79 Å². The van der Waals surface area contributed by atoms with E-state index in [-0.39, 0.29) is 0 Å². The molecule has 11 heavy (non-hydrogen) atoms. The van der Waals surface area contributed by atoms with Gasteiger partial charge in [0.2, 0.25) is 0 Å². The Kier molecular flexibility index (Phi) is 6.39. The van der Waals surface area contributed by atoms with Crippen LogP contribution in [0.3, 0.4) is 0 Å². The molecule has 0 saturated heterocycles. The lowest BCUT2D eigenvalue weighted by molar-refractivity contribution is -0.105. The Hall–Kier alpha value is -1.05. The number of carbonyl (C=O) groups is 1. The maximum absolute atomic E-state index is 10.2.